The lowest BCUT2D eigenvalue weighted by Crippen LogP contribution is -2.23. The largest absolute Gasteiger partial charge is 0.433 e. The topological polar surface area (TPSA) is 90.3 Å². The van der Waals surface area contributed by atoms with Gasteiger partial charge in [0.1, 0.15) is 11.4 Å². The molecule has 0 amide bonds. The number of rotatable bonds is 19. The Labute approximate surface area is 314 Å². The van der Waals surface area contributed by atoms with Crippen molar-refractivity contribution in [3.05, 3.63) is 82.2 Å². The Morgan fingerprint density at radius 2 is 0.786 bits per heavy atom. The van der Waals surface area contributed by atoms with Crippen molar-refractivity contribution < 1.29 is 62.9 Å². The summed E-state index contributed by atoms with van der Waals surface area (Å²) in [6, 6.07) is 6.94. The van der Waals surface area contributed by atoms with Crippen LogP contribution in [0.15, 0.2) is 48.5 Å². The summed E-state index contributed by atoms with van der Waals surface area (Å²) in [6.45, 7) is 0.550. The average molecular weight is 815 g/mol. The fourth-order valence-corrected chi connectivity index (χ4v) is 6.46. The summed E-state index contributed by atoms with van der Waals surface area (Å²) in [6.07, 6.45) is -14.0. The molecule has 0 saturated carbocycles. The van der Waals surface area contributed by atoms with Crippen LogP contribution in [0.5, 0.6) is 0 Å². The SMILES string of the molecule is O[C@@H](CNCCCCCCCCCCCCNC[C@H](O)c1cc(C(F)(F)F)nc2c(C(F)(F)F)cccc12)c1cc(C(F)(F)F)nc2c(C(F)(F)F)cccc12. The molecule has 0 aliphatic heterocycles. The average Bonchev–Trinajstić information content (AvgIpc) is 3.11. The summed E-state index contributed by atoms with van der Waals surface area (Å²) >= 11 is 0. The molecule has 0 unspecified atom stereocenters. The summed E-state index contributed by atoms with van der Waals surface area (Å²) in [5.41, 5.74) is -8.05. The van der Waals surface area contributed by atoms with Crippen molar-refractivity contribution in [1.29, 1.82) is 0 Å². The molecule has 2 heterocycles. The van der Waals surface area contributed by atoms with Crippen molar-refractivity contribution in [2.75, 3.05) is 26.2 Å². The summed E-state index contributed by atoms with van der Waals surface area (Å²) in [7, 11) is 0. The normalized spacial score (nSPS) is 14.2. The number of para-hydroxylation sites is 2. The number of aliphatic hydroxyl groups excluding tert-OH is 2. The van der Waals surface area contributed by atoms with Gasteiger partial charge in [0.15, 0.2) is 0 Å². The first-order chi connectivity index (χ1) is 26.2. The van der Waals surface area contributed by atoms with Crippen LogP contribution in [0.25, 0.3) is 21.8 Å². The van der Waals surface area contributed by atoms with Gasteiger partial charge in [0, 0.05) is 23.9 Å². The molecule has 2 aromatic heterocycles. The predicted octanol–water partition coefficient (Wildman–Crippen LogP) is 10.7. The highest BCUT2D eigenvalue weighted by Crippen LogP contribution is 2.40. The van der Waals surface area contributed by atoms with E-state index in [1.54, 1.807) is 0 Å². The lowest BCUT2D eigenvalue weighted by Gasteiger charge is -2.19. The lowest BCUT2D eigenvalue weighted by atomic mass is 9.99. The third-order valence-corrected chi connectivity index (χ3v) is 9.29. The van der Waals surface area contributed by atoms with E-state index in [0.29, 0.717) is 50.2 Å². The lowest BCUT2D eigenvalue weighted by molar-refractivity contribution is -0.142. The van der Waals surface area contributed by atoms with E-state index >= 15 is 0 Å². The van der Waals surface area contributed by atoms with Crippen molar-refractivity contribution >= 4 is 21.8 Å². The molecule has 4 N–H and O–H groups in total. The first-order valence-corrected chi connectivity index (χ1v) is 18.1. The third kappa shape index (κ3) is 12.4. The highest BCUT2D eigenvalue weighted by molar-refractivity contribution is 5.87. The van der Waals surface area contributed by atoms with E-state index in [1.807, 2.05) is 0 Å². The molecule has 0 spiro atoms. The smallest absolute Gasteiger partial charge is 0.387 e. The standard InChI is InChI=1S/C38H42F12N4O2/c39-35(40,41)27-15-11-13-23-25(19-31(37(45,46)47)53-33(23)27)29(55)21-51-17-9-7-5-3-1-2-4-6-8-10-18-52-22-30(56)26-20-32(38(48,49)50)54-34-24(26)14-12-16-28(34)36(42,43)44/h11-16,19-20,29-30,51-52,55-56H,1-10,17-18,21-22H2/t29-,30-/m0/s1. The Morgan fingerprint density at radius 1 is 0.464 bits per heavy atom. The van der Waals surface area contributed by atoms with E-state index in [0.717, 1.165) is 63.5 Å². The second kappa shape index (κ2) is 19.1. The number of alkyl halides is 12. The van der Waals surface area contributed by atoms with Gasteiger partial charge < -0.3 is 20.8 Å². The maximum atomic E-state index is 13.5. The van der Waals surface area contributed by atoms with Gasteiger partial charge >= 0.3 is 24.7 Å². The minimum atomic E-state index is -5.02. The fraction of sp³-hybridized carbons (Fsp3) is 0.526. The van der Waals surface area contributed by atoms with Gasteiger partial charge in [-0.15, -0.1) is 0 Å². The van der Waals surface area contributed by atoms with Crippen molar-refractivity contribution in [1.82, 2.24) is 20.6 Å². The van der Waals surface area contributed by atoms with Crippen molar-refractivity contribution in [3.63, 3.8) is 0 Å². The van der Waals surface area contributed by atoms with Crippen LogP contribution >= 0.6 is 0 Å². The molecule has 0 saturated heterocycles. The highest BCUT2D eigenvalue weighted by atomic mass is 19.4. The number of hydrogen-bond donors (Lipinski definition) is 4. The summed E-state index contributed by atoms with van der Waals surface area (Å²) in [5, 5.41) is 26.8. The molecule has 0 radical (unpaired) electrons. The number of fused-ring (bicyclic) bond motifs is 2. The Balaban J connectivity index is 1.09. The van der Waals surface area contributed by atoms with Gasteiger partial charge in [-0.1, -0.05) is 75.6 Å². The zero-order valence-corrected chi connectivity index (χ0v) is 30.0. The van der Waals surface area contributed by atoms with Gasteiger partial charge in [-0.2, -0.15) is 52.7 Å². The maximum absolute atomic E-state index is 13.5. The first-order valence-electron chi connectivity index (χ1n) is 18.1. The van der Waals surface area contributed by atoms with Gasteiger partial charge in [-0.05, 0) is 61.3 Å². The second-order valence-corrected chi connectivity index (χ2v) is 13.6. The Hall–Kier alpha value is -3.74. The van der Waals surface area contributed by atoms with Gasteiger partial charge in [-0.3, -0.25) is 0 Å². The number of aliphatic hydroxyl groups is 2. The van der Waals surface area contributed by atoms with Crippen LogP contribution in [0.4, 0.5) is 52.7 Å². The molecule has 310 valence electrons. The van der Waals surface area contributed by atoms with Crippen LogP contribution in [0.1, 0.15) is 110 Å². The molecule has 0 aliphatic rings. The molecule has 4 aromatic rings. The Bertz CT molecular complexity index is 1740. The van der Waals surface area contributed by atoms with Crippen molar-refractivity contribution in [3.8, 4) is 0 Å². The summed E-state index contributed by atoms with van der Waals surface area (Å²) in [5.74, 6) is 0. The van der Waals surface area contributed by atoms with Crippen molar-refractivity contribution in [2.24, 2.45) is 0 Å². The van der Waals surface area contributed by atoms with Gasteiger partial charge in [0.25, 0.3) is 0 Å². The van der Waals surface area contributed by atoms with E-state index in [-0.39, 0.29) is 35.0 Å². The van der Waals surface area contributed by atoms with Gasteiger partial charge in [0.2, 0.25) is 0 Å². The number of hydrogen-bond acceptors (Lipinski definition) is 6. The molecule has 0 bridgehead atoms. The van der Waals surface area contributed by atoms with E-state index in [9.17, 15) is 62.9 Å². The monoisotopic (exact) mass is 814 g/mol. The molecule has 2 atom stereocenters. The zero-order valence-electron chi connectivity index (χ0n) is 30.0. The minimum Gasteiger partial charge on any atom is -0.387 e. The molecular weight excluding hydrogens is 772 g/mol. The molecule has 4 rings (SSSR count). The molecular formula is C38H42F12N4O2. The molecule has 0 fully saturated rings. The number of pyridine rings is 2. The predicted molar refractivity (Wildman–Crippen MR) is 185 cm³/mol. The number of aromatic nitrogens is 2. The van der Waals surface area contributed by atoms with E-state index in [2.05, 4.69) is 20.6 Å². The minimum absolute atomic E-state index is 0.167. The van der Waals surface area contributed by atoms with E-state index in [4.69, 9.17) is 0 Å². The highest BCUT2D eigenvalue weighted by Gasteiger charge is 2.39. The number of benzene rings is 2. The molecule has 18 heteroatoms. The van der Waals surface area contributed by atoms with Crippen LogP contribution < -0.4 is 10.6 Å². The fourth-order valence-electron chi connectivity index (χ4n) is 6.46. The quantitative estimate of drug-likeness (QED) is 0.0557. The van der Waals surface area contributed by atoms with Crippen LogP contribution in [-0.2, 0) is 24.7 Å². The van der Waals surface area contributed by atoms with Crippen molar-refractivity contribution in [2.45, 2.75) is 101 Å². The first kappa shape index (κ1) is 45.0. The van der Waals surface area contributed by atoms with Crippen LogP contribution in [0.2, 0.25) is 0 Å². The van der Waals surface area contributed by atoms with Gasteiger partial charge in [-0.25, -0.2) is 9.97 Å². The molecule has 2 aromatic carbocycles. The Kier molecular flexibility index (Phi) is 15.4. The van der Waals surface area contributed by atoms with Crippen LogP contribution in [0, 0.1) is 0 Å². The summed E-state index contributed by atoms with van der Waals surface area (Å²) < 4.78 is 162. The summed E-state index contributed by atoms with van der Waals surface area (Å²) in [4.78, 5) is 6.46. The third-order valence-electron chi connectivity index (χ3n) is 9.29. The zero-order chi connectivity index (χ0) is 41.3. The number of unbranched alkanes of at least 4 members (excludes halogenated alkanes) is 9. The molecule has 0 aliphatic carbocycles. The maximum Gasteiger partial charge on any atom is 0.433 e. The van der Waals surface area contributed by atoms with Gasteiger partial charge in [0.05, 0.1) is 34.4 Å². The number of nitrogens with one attached hydrogen (secondary N) is 2. The molecule has 6 nitrogen and oxygen atoms in total. The number of nitrogens with zero attached hydrogens (tertiary/aromatic N) is 2. The van der Waals surface area contributed by atoms with E-state index in [1.165, 1.54) is 12.1 Å². The van der Waals surface area contributed by atoms with Crippen LogP contribution in [-0.4, -0.2) is 46.4 Å². The molecule has 56 heavy (non-hydrogen) atoms. The van der Waals surface area contributed by atoms with Crippen LogP contribution in [0.3, 0.4) is 0 Å². The Morgan fingerprint density at radius 3 is 1.09 bits per heavy atom. The number of halogens is 12. The second-order valence-electron chi connectivity index (χ2n) is 13.6. The van der Waals surface area contributed by atoms with E-state index < -0.39 is 70.5 Å².